The Morgan fingerprint density at radius 2 is 1.76 bits per heavy atom. The van der Waals surface area contributed by atoms with Crippen molar-refractivity contribution in [3.63, 3.8) is 0 Å². The first-order chi connectivity index (χ1) is 20.2. The summed E-state index contributed by atoms with van der Waals surface area (Å²) < 4.78 is -0.576. The molecule has 3 amide bonds. The number of aromatic nitrogens is 1. The molecule has 5 rings (SSSR count). The number of rotatable bonds is 9. The average Bonchev–Trinajstić information content (AvgIpc) is 3.59. The summed E-state index contributed by atoms with van der Waals surface area (Å²) in [6, 6.07) is 22.7. The van der Waals surface area contributed by atoms with Crippen LogP contribution in [0.2, 0.25) is 0 Å². The summed E-state index contributed by atoms with van der Waals surface area (Å²) in [6.45, 7) is 6.18. The topological polar surface area (TPSA) is 115 Å². The third-order valence-electron chi connectivity index (χ3n) is 7.88. The number of aliphatic hydroxyl groups excluding tert-OH is 1. The van der Waals surface area contributed by atoms with Crippen LogP contribution in [-0.4, -0.2) is 61.5 Å². The van der Waals surface area contributed by atoms with Crippen molar-refractivity contribution < 1.29 is 19.5 Å². The molecule has 0 aliphatic carbocycles. The monoisotopic (exact) mass is 584 g/mol. The molecule has 0 bridgehead atoms. The fourth-order valence-corrected chi connectivity index (χ4v) is 6.62. The van der Waals surface area contributed by atoms with Gasteiger partial charge in [0.05, 0.1) is 11.9 Å². The lowest BCUT2D eigenvalue weighted by Crippen LogP contribution is -2.58. The number of aliphatic hydroxyl groups is 1. The normalized spacial score (nSPS) is 17.5. The fourth-order valence-electron chi connectivity index (χ4n) is 5.48. The molecule has 4 N–H and O–H groups in total. The molecule has 4 aromatic rings. The lowest BCUT2D eigenvalue weighted by Gasteiger charge is -2.33. The maximum atomic E-state index is 13.9. The smallest absolute Gasteiger partial charge is 0.254 e. The van der Waals surface area contributed by atoms with Gasteiger partial charge in [-0.2, -0.15) is 0 Å². The number of carbonyl (C=O) groups is 3. The quantitative estimate of drug-likeness (QED) is 0.236. The van der Waals surface area contributed by atoms with Crippen LogP contribution in [-0.2, 0) is 22.6 Å². The van der Waals surface area contributed by atoms with Gasteiger partial charge in [-0.15, -0.1) is 11.8 Å². The van der Waals surface area contributed by atoms with Crippen molar-refractivity contribution in [2.45, 2.75) is 56.7 Å². The number of nitrogens with zero attached hydrogens (tertiary/aromatic N) is 1. The summed E-state index contributed by atoms with van der Waals surface area (Å²) in [7, 11) is 0. The molecule has 0 radical (unpaired) electrons. The molecule has 1 aliphatic heterocycles. The first kappa shape index (κ1) is 29.4. The molecule has 8 nitrogen and oxygen atoms in total. The summed E-state index contributed by atoms with van der Waals surface area (Å²) >= 11 is 1.49. The summed E-state index contributed by atoms with van der Waals surface area (Å²) in [6.07, 6.45) is 0.427. The molecule has 2 heterocycles. The van der Waals surface area contributed by atoms with Gasteiger partial charge in [-0.1, -0.05) is 60.7 Å². The van der Waals surface area contributed by atoms with Crippen molar-refractivity contribution in [2.24, 2.45) is 0 Å². The van der Waals surface area contributed by atoms with Crippen LogP contribution in [0.25, 0.3) is 10.9 Å². The molecule has 1 unspecified atom stereocenters. The Kier molecular flexibility index (Phi) is 8.70. The maximum Gasteiger partial charge on any atom is 0.254 e. The van der Waals surface area contributed by atoms with Crippen LogP contribution in [0, 0.1) is 6.92 Å². The third-order valence-corrected chi connectivity index (χ3v) is 9.25. The van der Waals surface area contributed by atoms with Gasteiger partial charge in [0, 0.05) is 34.0 Å². The number of nitrogens with one attached hydrogen (secondary N) is 3. The highest BCUT2D eigenvalue weighted by Crippen LogP contribution is 2.40. The zero-order chi connectivity index (χ0) is 29.9. The van der Waals surface area contributed by atoms with Crippen LogP contribution in [0.3, 0.4) is 0 Å². The molecule has 3 atom stereocenters. The second-order valence-corrected chi connectivity index (χ2v) is 12.8. The maximum absolute atomic E-state index is 13.9. The van der Waals surface area contributed by atoms with Gasteiger partial charge in [-0.05, 0) is 62.1 Å². The van der Waals surface area contributed by atoms with E-state index in [1.165, 1.54) is 16.7 Å². The zero-order valence-corrected chi connectivity index (χ0v) is 24.8. The van der Waals surface area contributed by atoms with E-state index >= 15 is 0 Å². The van der Waals surface area contributed by atoms with Crippen LogP contribution in [0.5, 0.6) is 0 Å². The molecule has 9 heteroatoms. The third kappa shape index (κ3) is 6.22. The number of hydrogen-bond donors (Lipinski definition) is 4. The van der Waals surface area contributed by atoms with Gasteiger partial charge in [0.25, 0.3) is 11.8 Å². The van der Waals surface area contributed by atoms with Crippen LogP contribution in [0.15, 0.2) is 85.1 Å². The van der Waals surface area contributed by atoms with E-state index < -0.39 is 34.7 Å². The number of aryl methyl sites for hydroxylation is 1. The van der Waals surface area contributed by atoms with E-state index in [2.05, 4.69) is 15.6 Å². The molecule has 1 saturated heterocycles. The Morgan fingerprint density at radius 3 is 2.52 bits per heavy atom. The Morgan fingerprint density at radius 1 is 1.02 bits per heavy atom. The largest absolute Gasteiger partial charge is 0.381 e. The zero-order valence-electron chi connectivity index (χ0n) is 24.0. The number of benzene rings is 3. The molecule has 42 heavy (non-hydrogen) atoms. The van der Waals surface area contributed by atoms with Gasteiger partial charge in [-0.3, -0.25) is 14.4 Å². The number of amides is 3. The van der Waals surface area contributed by atoms with Crippen molar-refractivity contribution in [1.82, 2.24) is 20.5 Å². The first-order valence-corrected chi connectivity index (χ1v) is 15.0. The van der Waals surface area contributed by atoms with Crippen LogP contribution >= 0.6 is 11.8 Å². The number of aromatic amines is 1. The molecule has 3 aromatic carbocycles. The highest BCUT2D eigenvalue weighted by atomic mass is 32.2. The van der Waals surface area contributed by atoms with E-state index in [4.69, 9.17) is 0 Å². The van der Waals surface area contributed by atoms with E-state index in [0.29, 0.717) is 12.1 Å². The van der Waals surface area contributed by atoms with Crippen molar-refractivity contribution in [3.8, 4) is 0 Å². The minimum Gasteiger partial charge on any atom is -0.381 e. The number of thioether (sulfide) groups is 1. The van der Waals surface area contributed by atoms with Crippen LogP contribution in [0.1, 0.15) is 40.9 Å². The van der Waals surface area contributed by atoms with Crippen LogP contribution < -0.4 is 10.6 Å². The van der Waals surface area contributed by atoms with E-state index in [1.54, 1.807) is 18.3 Å². The van der Waals surface area contributed by atoms with Gasteiger partial charge in [0.15, 0.2) is 6.10 Å². The number of H-pyrrole nitrogens is 1. The van der Waals surface area contributed by atoms with E-state index in [9.17, 15) is 19.5 Å². The minimum atomic E-state index is -1.57. The summed E-state index contributed by atoms with van der Waals surface area (Å²) in [4.78, 5) is 45.5. The number of carbonyl (C=O) groups excluding carboxylic acids is 3. The lowest BCUT2D eigenvalue weighted by molar-refractivity contribution is -0.147. The lowest BCUT2D eigenvalue weighted by atomic mass is 9.96. The molecule has 0 saturated carbocycles. The van der Waals surface area contributed by atoms with Gasteiger partial charge < -0.3 is 25.6 Å². The van der Waals surface area contributed by atoms with Crippen LogP contribution in [0.4, 0.5) is 0 Å². The van der Waals surface area contributed by atoms with Crippen molar-refractivity contribution in [1.29, 1.82) is 0 Å². The Hall–Kier alpha value is -4.08. The molecule has 1 aliphatic rings. The van der Waals surface area contributed by atoms with Gasteiger partial charge in [-0.25, -0.2) is 0 Å². The SMILES string of the molecule is Cc1ccccc1CNC(=O)[C@H]1N(C(=O)[C@@H](O)C(Cc2ccccc2)NC(=O)c2cccc3[nH]ccc23)CSC1(C)C. The van der Waals surface area contributed by atoms with E-state index in [0.717, 1.165) is 27.6 Å². The predicted molar refractivity (Wildman–Crippen MR) is 166 cm³/mol. The highest BCUT2D eigenvalue weighted by Gasteiger charge is 2.49. The number of hydrogen-bond acceptors (Lipinski definition) is 5. The Labute approximate surface area is 249 Å². The molecular weight excluding hydrogens is 548 g/mol. The summed E-state index contributed by atoms with van der Waals surface area (Å²) in [5.41, 5.74) is 4.18. The predicted octanol–water partition coefficient (Wildman–Crippen LogP) is 4.17. The summed E-state index contributed by atoms with van der Waals surface area (Å²) in [5.74, 6) is -1.02. The van der Waals surface area contributed by atoms with E-state index in [-0.39, 0.29) is 18.2 Å². The minimum absolute atomic E-state index is 0.233. The second kappa shape index (κ2) is 12.4. The Balaban J connectivity index is 1.37. The molecule has 0 spiro atoms. The second-order valence-electron chi connectivity index (χ2n) is 11.2. The molecular formula is C33H36N4O4S. The van der Waals surface area contributed by atoms with Gasteiger partial charge >= 0.3 is 0 Å². The Bertz CT molecular complexity index is 1590. The van der Waals surface area contributed by atoms with E-state index in [1.807, 2.05) is 87.5 Å². The molecule has 1 aromatic heterocycles. The number of fused-ring (bicyclic) bond motifs is 1. The molecule has 1 fully saturated rings. The van der Waals surface area contributed by atoms with Crippen molar-refractivity contribution in [3.05, 3.63) is 107 Å². The van der Waals surface area contributed by atoms with Gasteiger partial charge in [0.2, 0.25) is 5.91 Å². The van der Waals surface area contributed by atoms with Gasteiger partial charge in [0.1, 0.15) is 6.04 Å². The average molecular weight is 585 g/mol. The summed E-state index contributed by atoms with van der Waals surface area (Å²) in [5, 5.41) is 18.2. The fraction of sp³-hybridized carbons (Fsp3) is 0.303. The van der Waals surface area contributed by atoms with Crippen molar-refractivity contribution in [2.75, 3.05) is 5.88 Å². The van der Waals surface area contributed by atoms with Crippen molar-refractivity contribution >= 4 is 40.4 Å². The standard InChI is InChI=1S/C33H36N4O4S/c1-21-10-7-8-13-23(21)19-35-31(40)29-33(2,3)42-20-37(29)32(41)28(38)27(18-22-11-5-4-6-12-22)36-30(39)25-14-9-15-26-24(25)16-17-34-26/h4-17,27-29,34,38H,18-20H2,1-3H3,(H,35,40)(H,36,39)/t27?,28-,29+/m0/s1. The highest BCUT2D eigenvalue weighted by molar-refractivity contribution is 8.00. The first-order valence-electron chi connectivity index (χ1n) is 14.0. The molecule has 218 valence electrons.